The van der Waals surface area contributed by atoms with Crippen molar-refractivity contribution in [2.45, 2.75) is 49.7 Å². The lowest BCUT2D eigenvalue weighted by Crippen LogP contribution is -2.75. The Hall–Kier alpha value is -2.38. The maximum atomic E-state index is 12.8. The summed E-state index contributed by atoms with van der Waals surface area (Å²) in [7, 11) is 0. The quantitative estimate of drug-likeness (QED) is 0.616. The molecule has 4 rings (SSSR count). The molecule has 26 heavy (non-hydrogen) atoms. The Morgan fingerprint density at radius 2 is 2.19 bits per heavy atom. The standard InChI is InChI=1S/C19H22N2O5/c1-2-25-17(23)14-15-19(26-18(24)20-15)10-6-9-13(16(19)22)21(14)11-12-7-4-3-5-8-12/h3-9,13-16,22H,2,10-11H2,1H3,(H,20,24)/t13-,14-,15+,16+,19+/m1/s1. The third-order valence-corrected chi connectivity index (χ3v) is 5.47. The van der Waals surface area contributed by atoms with Gasteiger partial charge in [-0.15, -0.1) is 0 Å². The Morgan fingerprint density at radius 1 is 1.42 bits per heavy atom. The van der Waals surface area contributed by atoms with Crippen molar-refractivity contribution < 1.29 is 24.2 Å². The molecule has 1 spiro atoms. The number of rotatable bonds is 4. The first-order valence-corrected chi connectivity index (χ1v) is 8.87. The number of aliphatic hydroxyl groups excluding tert-OH is 1. The zero-order chi connectivity index (χ0) is 18.3. The normalized spacial score (nSPS) is 35.4. The van der Waals surface area contributed by atoms with Crippen LogP contribution in [0.3, 0.4) is 0 Å². The predicted octanol–water partition coefficient (Wildman–Crippen LogP) is 0.970. The van der Waals surface area contributed by atoms with Crippen LogP contribution in [0.15, 0.2) is 42.5 Å². The number of ether oxygens (including phenoxy) is 2. The van der Waals surface area contributed by atoms with Gasteiger partial charge in [-0.3, -0.25) is 9.69 Å². The summed E-state index contributed by atoms with van der Waals surface area (Å²) in [6, 6.07) is 7.86. The van der Waals surface area contributed by atoms with Crippen molar-refractivity contribution in [3.8, 4) is 0 Å². The molecule has 2 heterocycles. The van der Waals surface area contributed by atoms with E-state index in [1.54, 1.807) is 6.92 Å². The molecule has 1 amide bonds. The van der Waals surface area contributed by atoms with E-state index in [0.29, 0.717) is 13.0 Å². The maximum absolute atomic E-state index is 12.8. The number of nitrogens with zero attached hydrogens (tertiary/aromatic N) is 1. The first-order chi connectivity index (χ1) is 12.6. The Morgan fingerprint density at radius 3 is 2.92 bits per heavy atom. The van der Waals surface area contributed by atoms with E-state index in [-0.39, 0.29) is 6.61 Å². The molecule has 1 aromatic rings. The second-order valence-electron chi connectivity index (χ2n) is 6.89. The second kappa shape index (κ2) is 6.41. The molecule has 7 nitrogen and oxygen atoms in total. The molecule has 0 aromatic heterocycles. The van der Waals surface area contributed by atoms with Gasteiger partial charge in [-0.1, -0.05) is 42.5 Å². The fourth-order valence-corrected chi connectivity index (χ4v) is 4.35. The highest BCUT2D eigenvalue weighted by molar-refractivity contribution is 5.81. The zero-order valence-electron chi connectivity index (χ0n) is 14.5. The maximum Gasteiger partial charge on any atom is 0.408 e. The van der Waals surface area contributed by atoms with Gasteiger partial charge in [0.15, 0.2) is 5.60 Å². The minimum atomic E-state index is -1.14. The lowest BCUT2D eigenvalue weighted by Gasteiger charge is -2.53. The van der Waals surface area contributed by atoms with E-state index in [9.17, 15) is 14.7 Å². The van der Waals surface area contributed by atoms with Crippen LogP contribution in [0.4, 0.5) is 4.79 Å². The van der Waals surface area contributed by atoms with Gasteiger partial charge in [0, 0.05) is 13.0 Å². The molecule has 2 saturated heterocycles. The van der Waals surface area contributed by atoms with Crippen LogP contribution in [0.2, 0.25) is 0 Å². The van der Waals surface area contributed by atoms with Crippen LogP contribution in [0, 0.1) is 0 Å². The summed E-state index contributed by atoms with van der Waals surface area (Å²) < 4.78 is 10.8. The van der Waals surface area contributed by atoms with Crippen LogP contribution in [-0.4, -0.2) is 58.5 Å². The summed E-state index contributed by atoms with van der Waals surface area (Å²) in [6.45, 7) is 2.43. The van der Waals surface area contributed by atoms with E-state index in [1.165, 1.54) is 0 Å². The number of hydrogen-bond acceptors (Lipinski definition) is 6. The number of aliphatic hydroxyl groups is 1. The van der Waals surface area contributed by atoms with Crippen molar-refractivity contribution in [2.75, 3.05) is 6.61 Å². The number of esters is 1. The summed E-state index contributed by atoms with van der Waals surface area (Å²) >= 11 is 0. The van der Waals surface area contributed by atoms with Crippen molar-refractivity contribution in [1.82, 2.24) is 10.2 Å². The fourth-order valence-electron chi connectivity index (χ4n) is 4.35. The number of benzene rings is 1. The van der Waals surface area contributed by atoms with Gasteiger partial charge in [0.1, 0.15) is 18.2 Å². The van der Waals surface area contributed by atoms with Gasteiger partial charge in [0.2, 0.25) is 0 Å². The third kappa shape index (κ3) is 2.50. The molecule has 2 bridgehead atoms. The number of piperidine rings is 1. The average Bonchev–Trinajstić information content (AvgIpc) is 2.94. The molecule has 0 radical (unpaired) electrons. The van der Waals surface area contributed by atoms with Crippen molar-refractivity contribution in [3.63, 3.8) is 0 Å². The molecule has 1 aromatic carbocycles. The Kier molecular flexibility index (Phi) is 4.20. The first-order valence-electron chi connectivity index (χ1n) is 8.87. The lowest BCUT2D eigenvalue weighted by molar-refractivity contribution is -0.178. The van der Waals surface area contributed by atoms with Crippen LogP contribution in [-0.2, 0) is 20.8 Å². The molecule has 2 aliphatic heterocycles. The lowest BCUT2D eigenvalue weighted by atomic mass is 9.70. The summed E-state index contributed by atoms with van der Waals surface area (Å²) in [5, 5.41) is 13.7. The van der Waals surface area contributed by atoms with Gasteiger partial charge in [-0.25, -0.2) is 4.79 Å². The molecule has 7 heteroatoms. The Labute approximate surface area is 151 Å². The minimum Gasteiger partial charge on any atom is -0.465 e. The number of nitrogens with one attached hydrogen (secondary N) is 1. The highest BCUT2D eigenvalue weighted by atomic mass is 16.6. The van der Waals surface area contributed by atoms with Gasteiger partial charge in [-0.2, -0.15) is 0 Å². The number of amides is 1. The number of carbonyl (C=O) groups is 2. The highest BCUT2D eigenvalue weighted by Gasteiger charge is 2.66. The van der Waals surface area contributed by atoms with E-state index in [1.807, 2.05) is 47.4 Å². The van der Waals surface area contributed by atoms with Gasteiger partial charge in [-0.05, 0) is 12.5 Å². The van der Waals surface area contributed by atoms with Gasteiger partial charge < -0.3 is 19.9 Å². The van der Waals surface area contributed by atoms with Crippen LogP contribution >= 0.6 is 0 Å². The Balaban J connectivity index is 1.76. The monoisotopic (exact) mass is 358 g/mol. The Bertz CT molecular complexity index is 737. The molecule has 3 aliphatic rings. The topological polar surface area (TPSA) is 88.1 Å². The van der Waals surface area contributed by atoms with E-state index < -0.39 is 41.9 Å². The summed E-state index contributed by atoms with van der Waals surface area (Å²) in [6.07, 6.45) is 2.62. The molecule has 5 atom stereocenters. The number of carbonyl (C=O) groups excluding carboxylic acids is 2. The van der Waals surface area contributed by atoms with Crippen LogP contribution in [0.1, 0.15) is 18.9 Å². The molecular weight excluding hydrogens is 336 g/mol. The SMILES string of the molecule is CCOC(=O)[C@H]1[C@@H]2NC(=O)O[C@@]23CC=C[C@H]([C@@H]3O)N1Cc1ccccc1. The van der Waals surface area contributed by atoms with Gasteiger partial charge >= 0.3 is 12.1 Å². The molecule has 2 N–H and O–H groups in total. The number of alkyl carbamates (subject to hydrolysis) is 1. The van der Waals surface area contributed by atoms with E-state index in [0.717, 1.165) is 5.56 Å². The van der Waals surface area contributed by atoms with E-state index >= 15 is 0 Å². The van der Waals surface area contributed by atoms with Gasteiger partial charge in [0.05, 0.1) is 12.6 Å². The zero-order valence-corrected chi connectivity index (χ0v) is 14.5. The third-order valence-electron chi connectivity index (χ3n) is 5.47. The summed E-state index contributed by atoms with van der Waals surface area (Å²) in [5.74, 6) is -0.421. The number of hydrogen-bond donors (Lipinski definition) is 2. The molecule has 1 aliphatic carbocycles. The highest BCUT2D eigenvalue weighted by Crippen LogP contribution is 2.44. The largest absolute Gasteiger partial charge is 0.465 e. The second-order valence-corrected chi connectivity index (χ2v) is 6.89. The molecule has 138 valence electrons. The van der Waals surface area contributed by atoms with Gasteiger partial charge in [0.25, 0.3) is 0 Å². The van der Waals surface area contributed by atoms with E-state index in [2.05, 4.69) is 5.32 Å². The van der Waals surface area contributed by atoms with Crippen LogP contribution in [0.25, 0.3) is 0 Å². The number of likely N-dealkylation sites (tertiary alicyclic amines) is 1. The van der Waals surface area contributed by atoms with Crippen molar-refractivity contribution in [3.05, 3.63) is 48.0 Å². The van der Waals surface area contributed by atoms with Crippen molar-refractivity contribution >= 4 is 12.1 Å². The van der Waals surface area contributed by atoms with E-state index in [4.69, 9.17) is 9.47 Å². The van der Waals surface area contributed by atoms with Crippen molar-refractivity contribution in [1.29, 1.82) is 0 Å². The predicted molar refractivity (Wildman–Crippen MR) is 92.1 cm³/mol. The smallest absolute Gasteiger partial charge is 0.408 e. The van der Waals surface area contributed by atoms with Crippen LogP contribution in [0.5, 0.6) is 0 Å². The fraction of sp³-hybridized carbons (Fsp3) is 0.474. The average molecular weight is 358 g/mol. The summed E-state index contributed by atoms with van der Waals surface area (Å²) in [5.41, 5.74) is -0.132. The molecule has 0 unspecified atom stereocenters. The minimum absolute atomic E-state index is 0.242. The molecular formula is C19H22N2O5. The summed E-state index contributed by atoms with van der Waals surface area (Å²) in [4.78, 5) is 26.7. The van der Waals surface area contributed by atoms with Crippen molar-refractivity contribution in [2.24, 2.45) is 0 Å². The first kappa shape index (κ1) is 17.1. The van der Waals surface area contributed by atoms with Crippen LogP contribution < -0.4 is 5.32 Å². The molecule has 0 saturated carbocycles. The number of fused-ring (bicyclic) bond motifs is 1. The molecule has 2 fully saturated rings.